The fourth-order valence-corrected chi connectivity index (χ4v) is 3.06. The number of Topliss-reactive ketones (excluding diaryl/α,β-unsaturated/α-hetero) is 1. The Hall–Kier alpha value is -1.38. The van der Waals surface area contributed by atoms with E-state index < -0.39 is 33.8 Å². The second-order valence-corrected chi connectivity index (χ2v) is 6.12. The molecule has 1 aliphatic rings. The van der Waals surface area contributed by atoms with Gasteiger partial charge >= 0.3 is 5.69 Å². The summed E-state index contributed by atoms with van der Waals surface area (Å²) in [5, 5.41) is 10.8. The maximum Gasteiger partial charge on any atom is 0.306 e. The molecule has 0 bridgehead atoms. The summed E-state index contributed by atoms with van der Waals surface area (Å²) in [4.78, 5) is 22.6. The number of benzene rings is 1. The van der Waals surface area contributed by atoms with Gasteiger partial charge in [0, 0.05) is 17.7 Å². The Labute approximate surface area is 129 Å². The molecule has 1 aromatic carbocycles. The number of hydrogen-bond donors (Lipinski definition) is 2. The highest BCUT2D eigenvalue weighted by molar-refractivity contribution is 9.10. The van der Waals surface area contributed by atoms with Crippen LogP contribution in [-0.4, -0.2) is 22.3 Å². The number of hydrogen-bond acceptors (Lipinski definition) is 5. The van der Waals surface area contributed by atoms with Gasteiger partial charge in [0.1, 0.15) is 0 Å². The third-order valence-corrected chi connectivity index (χ3v) is 4.48. The number of carbonyl (C=O) groups excluding carboxylic acids is 1. The van der Waals surface area contributed by atoms with Gasteiger partial charge in [-0.25, -0.2) is 0 Å². The standard InChI is InChI=1S/C13H15BrFN3O3/c14-8-5-7(6-9(11(8)15)18(20)21)12(19)13(17)4-2-1-3-10(13)16/h5-6,10H,1-4,16-17H2. The van der Waals surface area contributed by atoms with E-state index in [9.17, 15) is 19.3 Å². The highest BCUT2D eigenvalue weighted by atomic mass is 79.9. The molecule has 0 aromatic heterocycles. The maximum absolute atomic E-state index is 13.7. The largest absolute Gasteiger partial charge is 0.326 e. The van der Waals surface area contributed by atoms with E-state index in [0.29, 0.717) is 12.8 Å². The summed E-state index contributed by atoms with van der Waals surface area (Å²) >= 11 is 2.89. The van der Waals surface area contributed by atoms with E-state index in [0.717, 1.165) is 18.9 Å². The first-order chi connectivity index (χ1) is 9.77. The molecule has 0 aliphatic heterocycles. The summed E-state index contributed by atoms with van der Waals surface area (Å²) < 4.78 is 13.5. The molecule has 1 fully saturated rings. The minimum absolute atomic E-state index is 0.00479. The highest BCUT2D eigenvalue weighted by Gasteiger charge is 2.42. The minimum Gasteiger partial charge on any atom is -0.326 e. The molecule has 1 aromatic rings. The third kappa shape index (κ3) is 2.83. The average Bonchev–Trinajstić information content (AvgIpc) is 2.43. The van der Waals surface area contributed by atoms with E-state index in [1.807, 2.05) is 0 Å². The van der Waals surface area contributed by atoms with E-state index in [4.69, 9.17) is 11.5 Å². The van der Waals surface area contributed by atoms with Crippen molar-refractivity contribution in [2.24, 2.45) is 11.5 Å². The average molecular weight is 360 g/mol. The Balaban J connectivity index is 2.46. The van der Waals surface area contributed by atoms with E-state index in [1.54, 1.807) is 0 Å². The lowest BCUT2D eigenvalue weighted by Gasteiger charge is -2.37. The van der Waals surface area contributed by atoms with Crippen LogP contribution in [0.1, 0.15) is 36.0 Å². The van der Waals surface area contributed by atoms with Crippen molar-refractivity contribution in [1.82, 2.24) is 0 Å². The highest BCUT2D eigenvalue weighted by Crippen LogP contribution is 2.32. The molecular weight excluding hydrogens is 345 g/mol. The monoisotopic (exact) mass is 359 g/mol. The van der Waals surface area contributed by atoms with Gasteiger partial charge in [-0.15, -0.1) is 0 Å². The molecule has 8 heteroatoms. The maximum atomic E-state index is 13.7. The van der Waals surface area contributed by atoms with E-state index >= 15 is 0 Å². The van der Waals surface area contributed by atoms with Crippen molar-refractivity contribution in [2.75, 3.05) is 0 Å². The van der Waals surface area contributed by atoms with Crippen LogP contribution >= 0.6 is 15.9 Å². The molecule has 0 saturated heterocycles. The topological polar surface area (TPSA) is 112 Å². The number of nitro groups is 1. The molecule has 114 valence electrons. The van der Waals surface area contributed by atoms with E-state index in [2.05, 4.69) is 15.9 Å². The summed E-state index contributed by atoms with van der Waals surface area (Å²) in [6.07, 6.45) is 2.68. The van der Waals surface area contributed by atoms with E-state index in [1.165, 1.54) is 6.07 Å². The Morgan fingerprint density at radius 2 is 2.14 bits per heavy atom. The van der Waals surface area contributed by atoms with Gasteiger partial charge in [0.15, 0.2) is 5.78 Å². The molecule has 2 rings (SSSR count). The van der Waals surface area contributed by atoms with Crippen LogP contribution in [0.5, 0.6) is 0 Å². The molecule has 6 nitrogen and oxygen atoms in total. The van der Waals surface area contributed by atoms with Crippen LogP contribution in [0.2, 0.25) is 0 Å². The number of rotatable bonds is 3. The predicted octanol–water partition coefficient (Wildman–Crippen LogP) is 2.28. The summed E-state index contributed by atoms with van der Waals surface area (Å²) in [5.41, 5.74) is 10.1. The Kier molecular flexibility index (Phi) is 4.40. The zero-order valence-electron chi connectivity index (χ0n) is 11.1. The van der Waals surface area contributed by atoms with Gasteiger partial charge in [-0.3, -0.25) is 14.9 Å². The zero-order valence-corrected chi connectivity index (χ0v) is 12.7. The SMILES string of the molecule is NC1CCCCC1(N)C(=O)c1cc(Br)c(F)c([N+](=O)[O-])c1. The first-order valence-corrected chi connectivity index (χ1v) is 7.29. The zero-order chi connectivity index (χ0) is 15.8. The van der Waals surface area contributed by atoms with Gasteiger partial charge < -0.3 is 11.5 Å². The Morgan fingerprint density at radius 3 is 2.71 bits per heavy atom. The van der Waals surface area contributed by atoms with Gasteiger partial charge in [-0.1, -0.05) is 12.8 Å². The number of carbonyl (C=O) groups is 1. The van der Waals surface area contributed by atoms with Gasteiger partial charge in [0.05, 0.1) is 14.9 Å². The summed E-state index contributed by atoms with van der Waals surface area (Å²) in [6, 6.07) is 1.61. The fraction of sp³-hybridized carbons (Fsp3) is 0.462. The van der Waals surface area contributed by atoms with Crippen molar-refractivity contribution < 1.29 is 14.1 Å². The van der Waals surface area contributed by atoms with Gasteiger partial charge in [-0.2, -0.15) is 4.39 Å². The van der Waals surface area contributed by atoms with Crippen molar-refractivity contribution in [3.63, 3.8) is 0 Å². The quantitative estimate of drug-likeness (QED) is 0.488. The Bertz CT molecular complexity index is 611. The first kappa shape index (κ1) is 16.0. The van der Waals surface area contributed by atoms with Crippen LogP contribution in [0.3, 0.4) is 0 Å². The molecule has 4 N–H and O–H groups in total. The molecule has 2 unspecified atom stereocenters. The van der Waals surface area contributed by atoms with Crippen molar-refractivity contribution in [3.05, 3.63) is 38.1 Å². The molecule has 0 spiro atoms. The lowest BCUT2D eigenvalue weighted by Crippen LogP contribution is -2.62. The smallest absolute Gasteiger partial charge is 0.306 e. The first-order valence-electron chi connectivity index (χ1n) is 6.50. The summed E-state index contributed by atoms with van der Waals surface area (Å²) in [6.45, 7) is 0. The van der Waals surface area contributed by atoms with Crippen molar-refractivity contribution >= 4 is 27.4 Å². The van der Waals surface area contributed by atoms with Crippen LogP contribution in [0.15, 0.2) is 16.6 Å². The summed E-state index contributed by atoms with van der Waals surface area (Å²) in [7, 11) is 0. The third-order valence-electron chi connectivity index (χ3n) is 3.91. The number of nitro benzene ring substituents is 1. The van der Waals surface area contributed by atoms with Crippen molar-refractivity contribution in [1.29, 1.82) is 0 Å². The molecule has 0 amide bonds. The molecule has 0 radical (unpaired) electrons. The minimum atomic E-state index is -1.26. The van der Waals surface area contributed by atoms with Crippen LogP contribution in [-0.2, 0) is 0 Å². The molecule has 1 aliphatic carbocycles. The molecule has 1 saturated carbocycles. The molecule has 0 heterocycles. The second kappa shape index (κ2) is 5.78. The van der Waals surface area contributed by atoms with E-state index in [-0.39, 0.29) is 10.0 Å². The van der Waals surface area contributed by atoms with Gasteiger partial charge in [0.2, 0.25) is 5.82 Å². The second-order valence-electron chi connectivity index (χ2n) is 5.27. The van der Waals surface area contributed by atoms with Gasteiger partial charge in [0.25, 0.3) is 0 Å². The molecule has 21 heavy (non-hydrogen) atoms. The van der Waals surface area contributed by atoms with Crippen LogP contribution in [0, 0.1) is 15.9 Å². The number of ketones is 1. The number of nitrogens with two attached hydrogens (primary N) is 2. The lowest BCUT2D eigenvalue weighted by molar-refractivity contribution is -0.387. The predicted molar refractivity (Wildman–Crippen MR) is 78.4 cm³/mol. The van der Waals surface area contributed by atoms with Crippen LogP contribution in [0.25, 0.3) is 0 Å². The normalized spacial score (nSPS) is 25.6. The molecular formula is C13H15BrFN3O3. The summed E-state index contributed by atoms with van der Waals surface area (Å²) in [5.74, 6) is -1.51. The van der Waals surface area contributed by atoms with Crippen LogP contribution < -0.4 is 11.5 Å². The molecule has 2 atom stereocenters. The fourth-order valence-electron chi connectivity index (χ4n) is 2.61. The Morgan fingerprint density at radius 1 is 1.48 bits per heavy atom. The van der Waals surface area contributed by atoms with Crippen LogP contribution in [0.4, 0.5) is 10.1 Å². The van der Waals surface area contributed by atoms with Crippen molar-refractivity contribution in [3.8, 4) is 0 Å². The van der Waals surface area contributed by atoms with Crippen molar-refractivity contribution in [2.45, 2.75) is 37.3 Å². The number of halogens is 2. The van der Waals surface area contributed by atoms with Gasteiger partial charge in [-0.05, 0) is 34.8 Å². The lowest BCUT2D eigenvalue weighted by atomic mass is 9.74. The number of nitrogens with zero attached hydrogens (tertiary/aromatic N) is 1.